The van der Waals surface area contributed by atoms with Crippen LogP contribution in [-0.2, 0) is 0 Å². The van der Waals surface area contributed by atoms with Gasteiger partial charge in [-0.1, -0.05) is 46.0 Å². The van der Waals surface area contributed by atoms with Crippen molar-refractivity contribution in [1.29, 1.82) is 0 Å². The zero-order valence-corrected chi connectivity index (χ0v) is 8.42. The third-order valence-electron chi connectivity index (χ3n) is 3.32. The lowest BCUT2D eigenvalue weighted by molar-refractivity contribution is 0.111. The van der Waals surface area contributed by atoms with Gasteiger partial charge >= 0.3 is 0 Å². The Bertz CT molecular complexity index is 114. The van der Waals surface area contributed by atoms with Crippen LogP contribution >= 0.6 is 0 Å². The molecule has 12 heavy (non-hydrogen) atoms. The molecule has 0 saturated heterocycles. The summed E-state index contributed by atoms with van der Waals surface area (Å²) in [7, 11) is 0. The first-order chi connectivity index (χ1) is 5.75. The predicted octanol–water partition coefficient (Wildman–Crippen LogP) is 2.83. The normalized spacial score (nSPS) is 23.0. The summed E-state index contributed by atoms with van der Waals surface area (Å²) in [6.45, 7) is 4.85. The number of hydrogen-bond donors (Lipinski definition) is 1. The fraction of sp³-hybridized carbons (Fsp3) is 1.00. The largest absolute Gasteiger partial charge is 0.396 e. The summed E-state index contributed by atoms with van der Waals surface area (Å²) in [5, 5.41) is 9.25. The van der Waals surface area contributed by atoms with Crippen molar-refractivity contribution in [2.45, 2.75) is 46.0 Å². The molecule has 72 valence electrons. The predicted molar refractivity (Wildman–Crippen MR) is 52.0 cm³/mol. The van der Waals surface area contributed by atoms with E-state index >= 15 is 0 Å². The van der Waals surface area contributed by atoms with Gasteiger partial charge in [0.15, 0.2) is 0 Å². The number of rotatable bonds is 3. The van der Waals surface area contributed by atoms with Crippen molar-refractivity contribution < 1.29 is 5.11 Å². The van der Waals surface area contributed by atoms with Crippen molar-refractivity contribution in [3.63, 3.8) is 0 Å². The molecule has 0 bridgehead atoms. The smallest absolute Gasteiger partial charge is 0.0464 e. The molecular weight excluding hydrogens is 148 g/mol. The maximum absolute atomic E-state index is 9.25. The third-order valence-corrected chi connectivity index (χ3v) is 3.32. The molecule has 1 unspecified atom stereocenters. The van der Waals surface area contributed by atoms with Crippen LogP contribution in [0.15, 0.2) is 0 Å². The van der Waals surface area contributed by atoms with E-state index in [1.165, 1.54) is 32.1 Å². The van der Waals surface area contributed by atoms with Gasteiger partial charge in [0.2, 0.25) is 0 Å². The number of aliphatic hydroxyl groups excluding tert-OH is 1. The van der Waals surface area contributed by atoms with Gasteiger partial charge in [0.1, 0.15) is 0 Å². The van der Waals surface area contributed by atoms with Gasteiger partial charge in [-0.3, -0.25) is 0 Å². The molecule has 0 radical (unpaired) electrons. The van der Waals surface area contributed by atoms with Crippen LogP contribution in [0.2, 0.25) is 0 Å². The monoisotopic (exact) mass is 170 g/mol. The lowest BCUT2D eigenvalue weighted by atomic mass is 9.75. The molecule has 1 fully saturated rings. The van der Waals surface area contributed by atoms with Crippen molar-refractivity contribution in [3.05, 3.63) is 0 Å². The zero-order chi connectivity index (χ0) is 8.97. The Balaban J connectivity index is 2.40. The van der Waals surface area contributed by atoms with Crippen molar-refractivity contribution in [3.8, 4) is 0 Å². The minimum absolute atomic E-state index is 0.391. The molecule has 0 spiro atoms. The zero-order valence-electron chi connectivity index (χ0n) is 8.42. The Morgan fingerprint density at radius 3 is 2.17 bits per heavy atom. The lowest BCUT2D eigenvalue weighted by Crippen LogP contribution is -2.25. The highest BCUT2D eigenvalue weighted by molar-refractivity contribution is 4.75. The van der Waals surface area contributed by atoms with Crippen molar-refractivity contribution in [1.82, 2.24) is 0 Å². The second-order valence-corrected chi connectivity index (χ2v) is 4.49. The van der Waals surface area contributed by atoms with Crippen LogP contribution in [0.1, 0.15) is 46.0 Å². The van der Waals surface area contributed by atoms with Crippen LogP contribution in [0, 0.1) is 17.8 Å². The highest BCUT2D eigenvalue weighted by atomic mass is 16.3. The molecule has 1 heteroatoms. The topological polar surface area (TPSA) is 20.2 Å². The summed E-state index contributed by atoms with van der Waals surface area (Å²) in [6, 6.07) is 0. The average Bonchev–Trinajstić information content (AvgIpc) is 2.07. The highest BCUT2D eigenvalue weighted by Gasteiger charge is 2.24. The highest BCUT2D eigenvalue weighted by Crippen LogP contribution is 2.33. The quantitative estimate of drug-likeness (QED) is 0.690. The fourth-order valence-corrected chi connectivity index (χ4v) is 2.47. The molecular formula is C11H22O. The van der Waals surface area contributed by atoms with Crippen LogP contribution in [0.5, 0.6) is 0 Å². The van der Waals surface area contributed by atoms with E-state index in [4.69, 9.17) is 0 Å². The Morgan fingerprint density at radius 1 is 1.17 bits per heavy atom. The molecule has 0 aromatic carbocycles. The van der Waals surface area contributed by atoms with Gasteiger partial charge < -0.3 is 5.11 Å². The van der Waals surface area contributed by atoms with Gasteiger partial charge in [0, 0.05) is 6.61 Å². The van der Waals surface area contributed by atoms with E-state index in [0.29, 0.717) is 18.4 Å². The molecule has 1 aliphatic rings. The van der Waals surface area contributed by atoms with Gasteiger partial charge in [-0.2, -0.15) is 0 Å². The van der Waals surface area contributed by atoms with Crippen LogP contribution in [0.25, 0.3) is 0 Å². The minimum Gasteiger partial charge on any atom is -0.396 e. The summed E-state index contributed by atoms with van der Waals surface area (Å²) < 4.78 is 0. The molecule has 0 heterocycles. The first-order valence-corrected chi connectivity index (χ1v) is 5.36. The molecule has 1 aliphatic carbocycles. The Morgan fingerprint density at radius 2 is 1.75 bits per heavy atom. The summed E-state index contributed by atoms with van der Waals surface area (Å²) >= 11 is 0. The molecule has 1 rings (SSSR count). The number of hydrogen-bond acceptors (Lipinski definition) is 1. The number of aliphatic hydroxyl groups is 1. The molecule has 0 amide bonds. The summed E-state index contributed by atoms with van der Waals surface area (Å²) in [4.78, 5) is 0. The molecule has 1 nitrogen and oxygen atoms in total. The van der Waals surface area contributed by atoms with Gasteiger partial charge in [0.25, 0.3) is 0 Å². The van der Waals surface area contributed by atoms with Crippen LogP contribution in [0.4, 0.5) is 0 Å². The summed E-state index contributed by atoms with van der Waals surface area (Å²) in [6.07, 6.45) is 6.88. The van der Waals surface area contributed by atoms with Gasteiger partial charge in [-0.15, -0.1) is 0 Å². The molecule has 0 aliphatic heterocycles. The van der Waals surface area contributed by atoms with Crippen molar-refractivity contribution in [2.24, 2.45) is 17.8 Å². The maximum atomic E-state index is 9.25. The first-order valence-electron chi connectivity index (χ1n) is 5.36. The van der Waals surface area contributed by atoms with Gasteiger partial charge in [-0.25, -0.2) is 0 Å². The van der Waals surface area contributed by atoms with E-state index in [-0.39, 0.29) is 0 Å². The molecule has 1 saturated carbocycles. The van der Waals surface area contributed by atoms with E-state index in [2.05, 4.69) is 13.8 Å². The standard InChI is InChI=1S/C11H22O/c1-9(2)11(8-12)10-6-4-3-5-7-10/h9-12H,3-8H2,1-2H3. The van der Waals surface area contributed by atoms with Crippen LogP contribution < -0.4 is 0 Å². The third kappa shape index (κ3) is 2.48. The van der Waals surface area contributed by atoms with Crippen LogP contribution in [0.3, 0.4) is 0 Å². The van der Waals surface area contributed by atoms with E-state index in [9.17, 15) is 5.11 Å². The van der Waals surface area contributed by atoms with E-state index in [1.807, 2.05) is 0 Å². The van der Waals surface area contributed by atoms with Crippen molar-refractivity contribution in [2.75, 3.05) is 6.61 Å². The maximum Gasteiger partial charge on any atom is 0.0464 e. The van der Waals surface area contributed by atoms with Gasteiger partial charge in [0.05, 0.1) is 0 Å². The lowest BCUT2D eigenvalue weighted by Gasteiger charge is -2.31. The van der Waals surface area contributed by atoms with Crippen LogP contribution in [-0.4, -0.2) is 11.7 Å². The Kier molecular flexibility index (Phi) is 4.07. The second kappa shape index (κ2) is 4.86. The van der Waals surface area contributed by atoms with Gasteiger partial charge in [-0.05, 0) is 17.8 Å². The first kappa shape index (κ1) is 10.0. The summed E-state index contributed by atoms with van der Waals surface area (Å²) in [5.41, 5.74) is 0. The molecule has 0 aromatic heterocycles. The molecule has 1 N–H and O–H groups in total. The van der Waals surface area contributed by atoms with E-state index in [0.717, 1.165) is 5.92 Å². The fourth-order valence-electron chi connectivity index (χ4n) is 2.47. The SMILES string of the molecule is CC(C)C(CO)C1CCCCC1. The second-order valence-electron chi connectivity index (χ2n) is 4.49. The molecule has 1 atom stereocenters. The minimum atomic E-state index is 0.391. The molecule has 0 aromatic rings. The Labute approximate surface area is 76.2 Å². The average molecular weight is 170 g/mol. The van der Waals surface area contributed by atoms with Crippen molar-refractivity contribution >= 4 is 0 Å². The summed E-state index contributed by atoms with van der Waals surface area (Å²) in [5.74, 6) is 2.02. The van der Waals surface area contributed by atoms with E-state index in [1.54, 1.807) is 0 Å². The Hall–Kier alpha value is -0.0400. The van der Waals surface area contributed by atoms with E-state index < -0.39 is 0 Å².